The molecule has 2 N–H and O–H groups in total. The lowest BCUT2D eigenvalue weighted by Crippen LogP contribution is -2.42. The molecule has 0 spiro atoms. The fourth-order valence-electron chi connectivity index (χ4n) is 3.02. The quantitative estimate of drug-likeness (QED) is 0.594. The molecule has 1 aromatic rings. The summed E-state index contributed by atoms with van der Waals surface area (Å²) in [6.07, 6.45) is 7.14. The van der Waals surface area contributed by atoms with Crippen LogP contribution in [0.5, 0.6) is 0 Å². The number of hydrogen-bond acceptors (Lipinski definition) is 3. The Bertz CT molecular complexity index is 520. The van der Waals surface area contributed by atoms with Crippen LogP contribution in [0, 0.1) is 5.92 Å². The van der Waals surface area contributed by atoms with Crippen LogP contribution in [0.25, 0.3) is 0 Å². The van der Waals surface area contributed by atoms with Gasteiger partial charge in [-0.05, 0) is 45.4 Å². The minimum Gasteiger partial charge on any atom is -0.357 e. The Morgan fingerprint density at radius 1 is 1.17 bits per heavy atom. The second kappa shape index (κ2) is 9.64. The molecule has 1 aromatic heterocycles. The highest BCUT2D eigenvalue weighted by molar-refractivity contribution is 5.79. The Hall–Kier alpha value is -1.59. The maximum absolute atomic E-state index is 4.73. The summed E-state index contributed by atoms with van der Waals surface area (Å²) >= 11 is 0. The number of guanidine groups is 1. The minimum absolute atomic E-state index is 0.417. The van der Waals surface area contributed by atoms with E-state index in [4.69, 9.17) is 4.99 Å². The molecule has 0 amide bonds. The highest BCUT2D eigenvalue weighted by Gasteiger charge is 2.14. The van der Waals surface area contributed by atoms with Crippen molar-refractivity contribution in [2.45, 2.75) is 85.4 Å². The van der Waals surface area contributed by atoms with Gasteiger partial charge in [0.2, 0.25) is 0 Å². The predicted octanol–water partition coefficient (Wildman–Crippen LogP) is 2.88. The van der Waals surface area contributed by atoms with Crippen molar-refractivity contribution in [2.75, 3.05) is 6.54 Å². The normalized spacial score (nSPS) is 16.6. The van der Waals surface area contributed by atoms with Gasteiger partial charge < -0.3 is 15.2 Å². The first-order valence-electron chi connectivity index (χ1n) is 9.56. The Morgan fingerprint density at radius 2 is 2.00 bits per heavy atom. The van der Waals surface area contributed by atoms with Crippen molar-refractivity contribution in [2.24, 2.45) is 10.9 Å². The monoisotopic (exact) mass is 334 g/mol. The second-order valence-electron chi connectivity index (χ2n) is 7.21. The Kier molecular flexibility index (Phi) is 7.53. The molecule has 2 heterocycles. The number of aromatic nitrogens is 3. The molecule has 1 atom stereocenters. The Morgan fingerprint density at radius 3 is 2.75 bits per heavy atom. The molecule has 24 heavy (non-hydrogen) atoms. The molecule has 0 saturated heterocycles. The molecule has 0 fully saturated rings. The van der Waals surface area contributed by atoms with Crippen LogP contribution in [0.15, 0.2) is 4.99 Å². The van der Waals surface area contributed by atoms with Gasteiger partial charge in [-0.25, -0.2) is 4.99 Å². The van der Waals surface area contributed by atoms with Gasteiger partial charge in [0.05, 0.1) is 0 Å². The number of fused-ring (bicyclic) bond motifs is 1. The molecule has 0 radical (unpaired) electrons. The van der Waals surface area contributed by atoms with Gasteiger partial charge in [-0.2, -0.15) is 0 Å². The van der Waals surface area contributed by atoms with Crippen molar-refractivity contribution >= 4 is 5.96 Å². The van der Waals surface area contributed by atoms with Crippen molar-refractivity contribution < 1.29 is 0 Å². The maximum Gasteiger partial charge on any atom is 0.191 e. The molecule has 1 aliphatic rings. The number of rotatable bonds is 7. The molecule has 2 rings (SSSR count). The standard InChI is InChI=1S/C18H34N6/c1-5-19-18(21-15(4)11-10-14(2)3)20-13-17-23-22-16-9-7-6-8-12-24(16)17/h14-15H,5-13H2,1-4H3,(H2,19,20,21). The molecule has 0 aromatic carbocycles. The van der Waals surface area contributed by atoms with Gasteiger partial charge in [-0.15, -0.1) is 10.2 Å². The van der Waals surface area contributed by atoms with Gasteiger partial charge in [0.1, 0.15) is 12.4 Å². The first-order valence-corrected chi connectivity index (χ1v) is 9.56. The van der Waals surface area contributed by atoms with Crippen molar-refractivity contribution in [3.63, 3.8) is 0 Å². The van der Waals surface area contributed by atoms with Gasteiger partial charge >= 0.3 is 0 Å². The zero-order chi connectivity index (χ0) is 17.4. The van der Waals surface area contributed by atoms with E-state index in [0.29, 0.717) is 12.6 Å². The van der Waals surface area contributed by atoms with Crippen molar-refractivity contribution in [3.8, 4) is 0 Å². The lowest BCUT2D eigenvalue weighted by Gasteiger charge is -2.18. The van der Waals surface area contributed by atoms with E-state index >= 15 is 0 Å². The molecule has 0 aliphatic carbocycles. The van der Waals surface area contributed by atoms with Gasteiger partial charge in [-0.1, -0.05) is 20.3 Å². The average Bonchev–Trinajstić information content (AvgIpc) is 2.77. The summed E-state index contributed by atoms with van der Waals surface area (Å²) in [6, 6.07) is 0.417. The van der Waals surface area contributed by atoms with E-state index in [-0.39, 0.29) is 0 Å². The predicted molar refractivity (Wildman–Crippen MR) is 99.1 cm³/mol. The third-order valence-electron chi connectivity index (χ3n) is 4.47. The van der Waals surface area contributed by atoms with E-state index in [1.54, 1.807) is 0 Å². The highest BCUT2D eigenvalue weighted by Crippen LogP contribution is 2.14. The highest BCUT2D eigenvalue weighted by atomic mass is 15.3. The van der Waals surface area contributed by atoms with Crippen LogP contribution in [0.2, 0.25) is 0 Å². The topological polar surface area (TPSA) is 67.1 Å². The fourth-order valence-corrected chi connectivity index (χ4v) is 3.02. The molecular formula is C18H34N6. The van der Waals surface area contributed by atoms with Crippen LogP contribution in [-0.2, 0) is 19.5 Å². The van der Waals surface area contributed by atoms with Crippen LogP contribution >= 0.6 is 0 Å². The molecule has 6 nitrogen and oxygen atoms in total. The van der Waals surface area contributed by atoms with Crippen molar-refractivity contribution in [1.82, 2.24) is 25.4 Å². The Balaban J connectivity index is 1.96. The average molecular weight is 335 g/mol. The van der Waals surface area contributed by atoms with Crippen molar-refractivity contribution in [1.29, 1.82) is 0 Å². The summed E-state index contributed by atoms with van der Waals surface area (Å²) < 4.78 is 2.27. The van der Waals surface area contributed by atoms with E-state index in [2.05, 4.69) is 53.1 Å². The summed E-state index contributed by atoms with van der Waals surface area (Å²) in [6.45, 7) is 11.3. The summed E-state index contributed by atoms with van der Waals surface area (Å²) in [7, 11) is 0. The molecule has 6 heteroatoms. The number of aliphatic imine (C=N–C) groups is 1. The van der Waals surface area contributed by atoms with Crippen LogP contribution in [-0.4, -0.2) is 33.3 Å². The zero-order valence-electron chi connectivity index (χ0n) is 15.8. The first kappa shape index (κ1) is 18.7. The van der Waals surface area contributed by atoms with Crippen LogP contribution in [0.1, 0.15) is 71.4 Å². The van der Waals surface area contributed by atoms with Gasteiger partial charge in [0.15, 0.2) is 11.8 Å². The largest absolute Gasteiger partial charge is 0.357 e. The molecule has 0 saturated carbocycles. The van der Waals surface area contributed by atoms with Gasteiger partial charge in [0, 0.05) is 25.6 Å². The van der Waals surface area contributed by atoms with E-state index in [1.165, 1.54) is 25.7 Å². The van der Waals surface area contributed by atoms with Crippen molar-refractivity contribution in [3.05, 3.63) is 11.6 Å². The summed E-state index contributed by atoms with van der Waals surface area (Å²) in [4.78, 5) is 4.73. The molecule has 0 bridgehead atoms. The zero-order valence-corrected chi connectivity index (χ0v) is 15.8. The van der Waals surface area contributed by atoms with Crippen LogP contribution in [0.4, 0.5) is 0 Å². The summed E-state index contributed by atoms with van der Waals surface area (Å²) in [5.74, 6) is 3.72. The molecule has 136 valence electrons. The first-order chi connectivity index (χ1) is 11.6. The fraction of sp³-hybridized carbons (Fsp3) is 0.833. The van der Waals surface area contributed by atoms with Crippen LogP contribution in [0.3, 0.4) is 0 Å². The van der Waals surface area contributed by atoms with E-state index < -0.39 is 0 Å². The van der Waals surface area contributed by atoms with Crippen LogP contribution < -0.4 is 10.6 Å². The van der Waals surface area contributed by atoms with Gasteiger partial charge in [0.25, 0.3) is 0 Å². The van der Waals surface area contributed by atoms with E-state index in [9.17, 15) is 0 Å². The number of aryl methyl sites for hydroxylation is 1. The number of nitrogens with one attached hydrogen (secondary N) is 2. The molecule has 1 unspecified atom stereocenters. The summed E-state index contributed by atoms with van der Waals surface area (Å²) in [5, 5.41) is 15.6. The minimum atomic E-state index is 0.417. The Labute approximate surface area is 146 Å². The number of hydrogen-bond donors (Lipinski definition) is 2. The third-order valence-corrected chi connectivity index (χ3v) is 4.47. The maximum atomic E-state index is 4.73. The van der Waals surface area contributed by atoms with E-state index in [1.807, 2.05) is 0 Å². The van der Waals surface area contributed by atoms with E-state index in [0.717, 1.165) is 49.5 Å². The SMILES string of the molecule is CCNC(=NCc1nnc2n1CCCCC2)NC(C)CCC(C)C. The van der Waals surface area contributed by atoms with Gasteiger partial charge in [-0.3, -0.25) is 0 Å². The lowest BCUT2D eigenvalue weighted by molar-refractivity contribution is 0.489. The molecular weight excluding hydrogens is 300 g/mol. The lowest BCUT2D eigenvalue weighted by atomic mass is 10.0. The third kappa shape index (κ3) is 5.80. The smallest absolute Gasteiger partial charge is 0.191 e. The number of nitrogens with zero attached hydrogens (tertiary/aromatic N) is 4. The summed E-state index contributed by atoms with van der Waals surface area (Å²) in [5.41, 5.74) is 0. The molecule has 1 aliphatic heterocycles. The second-order valence-corrected chi connectivity index (χ2v) is 7.21.